The number of anilines is 1. The van der Waals surface area contributed by atoms with Crippen molar-refractivity contribution in [3.05, 3.63) is 24.3 Å². The van der Waals surface area contributed by atoms with Gasteiger partial charge in [0.2, 0.25) is 10.0 Å². The first kappa shape index (κ1) is 17.0. The maximum absolute atomic E-state index is 12.3. The van der Waals surface area contributed by atoms with E-state index in [9.17, 15) is 8.42 Å². The molecule has 0 spiro atoms. The maximum atomic E-state index is 12.3. The molecule has 20 heavy (non-hydrogen) atoms. The first-order valence-corrected chi connectivity index (χ1v) is 8.61. The van der Waals surface area contributed by atoms with Gasteiger partial charge in [-0.1, -0.05) is 38.3 Å². The Morgan fingerprint density at radius 3 is 2.45 bits per heavy atom. The van der Waals surface area contributed by atoms with Gasteiger partial charge >= 0.3 is 0 Å². The standard InChI is InChI=1S/C15H26N2O2S/c1-5-6-7-10-13(2)16-14-11-8-9-12-15(14)20(18,19)17(3)4/h8-9,11-13,16H,5-7,10H2,1-4H3. The maximum Gasteiger partial charge on any atom is 0.244 e. The Bertz CT molecular complexity index is 512. The van der Waals surface area contributed by atoms with E-state index in [4.69, 9.17) is 0 Å². The molecule has 0 aliphatic carbocycles. The molecule has 0 saturated carbocycles. The van der Waals surface area contributed by atoms with Crippen LogP contribution in [0.25, 0.3) is 0 Å². The van der Waals surface area contributed by atoms with Crippen molar-refractivity contribution < 1.29 is 8.42 Å². The van der Waals surface area contributed by atoms with E-state index < -0.39 is 10.0 Å². The lowest BCUT2D eigenvalue weighted by molar-refractivity contribution is 0.521. The number of sulfonamides is 1. The topological polar surface area (TPSA) is 49.4 Å². The van der Waals surface area contributed by atoms with Crippen LogP contribution >= 0.6 is 0 Å². The lowest BCUT2D eigenvalue weighted by Gasteiger charge is -2.20. The highest BCUT2D eigenvalue weighted by Gasteiger charge is 2.21. The fourth-order valence-electron chi connectivity index (χ4n) is 2.05. The average molecular weight is 298 g/mol. The molecule has 0 radical (unpaired) electrons. The number of nitrogens with zero attached hydrogens (tertiary/aromatic N) is 1. The van der Waals surface area contributed by atoms with Gasteiger partial charge in [0.05, 0.1) is 5.69 Å². The van der Waals surface area contributed by atoms with Gasteiger partial charge in [0, 0.05) is 20.1 Å². The van der Waals surface area contributed by atoms with Gasteiger partial charge in [-0.3, -0.25) is 0 Å². The molecule has 0 heterocycles. The molecule has 4 nitrogen and oxygen atoms in total. The summed E-state index contributed by atoms with van der Waals surface area (Å²) in [6.07, 6.45) is 4.61. The average Bonchev–Trinajstić information content (AvgIpc) is 2.39. The zero-order valence-corrected chi connectivity index (χ0v) is 13.7. The van der Waals surface area contributed by atoms with E-state index in [1.54, 1.807) is 26.2 Å². The number of hydrogen-bond donors (Lipinski definition) is 1. The smallest absolute Gasteiger partial charge is 0.244 e. The summed E-state index contributed by atoms with van der Waals surface area (Å²) < 4.78 is 25.8. The van der Waals surface area contributed by atoms with Crippen molar-refractivity contribution in [2.45, 2.75) is 50.5 Å². The Morgan fingerprint density at radius 2 is 1.85 bits per heavy atom. The zero-order valence-electron chi connectivity index (χ0n) is 12.9. The van der Waals surface area contributed by atoms with Crippen LogP contribution in [0.3, 0.4) is 0 Å². The van der Waals surface area contributed by atoms with E-state index in [0.717, 1.165) is 12.8 Å². The van der Waals surface area contributed by atoms with Crippen LogP contribution in [0.4, 0.5) is 5.69 Å². The summed E-state index contributed by atoms with van der Waals surface area (Å²) >= 11 is 0. The van der Waals surface area contributed by atoms with Gasteiger partial charge in [-0.25, -0.2) is 12.7 Å². The SMILES string of the molecule is CCCCCC(C)Nc1ccccc1S(=O)(=O)N(C)C. The summed E-state index contributed by atoms with van der Waals surface area (Å²) in [6, 6.07) is 7.35. The highest BCUT2D eigenvalue weighted by atomic mass is 32.2. The minimum Gasteiger partial charge on any atom is -0.381 e. The fraction of sp³-hybridized carbons (Fsp3) is 0.600. The van der Waals surface area contributed by atoms with E-state index in [2.05, 4.69) is 19.2 Å². The molecule has 1 aromatic carbocycles. The molecule has 114 valence electrons. The molecule has 1 unspecified atom stereocenters. The molecule has 0 aromatic heterocycles. The molecule has 0 saturated heterocycles. The van der Waals surface area contributed by atoms with Gasteiger partial charge < -0.3 is 5.32 Å². The van der Waals surface area contributed by atoms with E-state index in [1.165, 1.54) is 17.1 Å². The van der Waals surface area contributed by atoms with Gasteiger partial charge in [0.1, 0.15) is 4.90 Å². The third-order valence-electron chi connectivity index (χ3n) is 3.29. The lowest BCUT2D eigenvalue weighted by Crippen LogP contribution is -2.24. The van der Waals surface area contributed by atoms with Crippen molar-refractivity contribution in [2.24, 2.45) is 0 Å². The third-order valence-corrected chi connectivity index (χ3v) is 5.16. The molecule has 0 amide bonds. The van der Waals surface area contributed by atoms with E-state index in [0.29, 0.717) is 10.6 Å². The molecule has 1 aromatic rings. The van der Waals surface area contributed by atoms with E-state index in [-0.39, 0.29) is 6.04 Å². The summed E-state index contributed by atoms with van der Waals surface area (Å²) in [5.74, 6) is 0. The molecule has 1 N–H and O–H groups in total. The Kier molecular flexibility index (Phi) is 6.49. The van der Waals surface area contributed by atoms with Gasteiger partial charge in [-0.05, 0) is 25.5 Å². The third kappa shape index (κ3) is 4.49. The Hall–Kier alpha value is -1.07. The van der Waals surface area contributed by atoms with Gasteiger partial charge in [0.15, 0.2) is 0 Å². The van der Waals surface area contributed by atoms with Crippen molar-refractivity contribution in [2.75, 3.05) is 19.4 Å². The highest BCUT2D eigenvalue weighted by molar-refractivity contribution is 7.89. The summed E-state index contributed by atoms with van der Waals surface area (Å²) in [5.41, 5.74) is 0.685. The zero-order chi connectivity index (χ0) is 15.2. The van der Waals surface area contributed by atoms with E-state index in [1.807, 2.05) is 12.1 Å². The molecule has 1 rings (SSSR count). The number of unbranched alkanes of at least 4 members (excludes halogenated alkanes) is 2. The number of benzene rings is 1. The van der Waals surface area contributed by atoms with Gasteiger partial charge in [-0.15, -0.1) is 0 Å². The minimum absolute atomic E-state index is 0.264. The lowest BCUT2D eigenvalue weighted by atomic mass is 10.1. The number of para-hydroxylation sites is 1. The predicted octanol–water partition coefficient (Wildman–Crippen LogP) is 3.32. The summed E-state index contributed by atoms with van der Waals surface area (Å²) in [6.45, 7) is 4.27. The number of nitrogens with one attached hydrogen (secondary N) is 1. The summed E-state index contributed by atoms with van der Waals surface area (Å²) in [5, 5.41) is 3.32. The molecule has 0 aliphatic rings. The number of rotatable bonds is 8. The van der Waals surface area contributed by atoms with Gasteiger partial charge in [-0.2, -0.15) is 0 Å². The van der Waals surface area contributed by atoms with Crippen LogP contribution in [-0.2, 0) is 10.0 Å². The van der Waals surface area contributed by atoms with Crippen molar-refractivity contribution in [1.29, 1.82) is 0 Å². The number of hydrogen-bond acceptors (Lipinski definition) is 3. The Labute approximate surface area is 123 Å². The van der Waals surface area contributed by atoms with Crippen LogP contribution in [0, 0.1) is 0 Å². The minimum atomic E-state index is -3.41. The first-order chi connectivity index (χ1) is 9.39. The Morgan fingerprint density at radius 1 is 1.20 bits per heavy atom. The molecular weight excluding hydrogens is 272 g/mol. The van der Waals surface area contributed by atoms with Crippen molar-refractivity contribution >= 4 is 15.7 Å². The fourth-order valence-corrected chi connectivity index (χ4v) is 3.09. The van der Waals surface area contributed by atoms with Crippen LogP contribution in [0.2, 0.25) is 0 Å². The van der Waals surface area contributed by atoms with Crippen molar-refractivity contribution in [1.82, 2.24) is 4.31 Å². The van der Waals surface area contributed by atoms with Crippen molar-refractivity contribution in [3.8, 4) is 0 Å². The second-order valence-electron chi connectivity index (χ2n) is 5.32. The molecule has 5 heteroatoms. The van der Waals surface area contributed by atoms with Crippen LogP contribution in [0.5, 0.6) is 0 Å². The quantitative estimate of drug-likeness (QED) is 0.749. The summed E-state index contributed by atoms with van der Waals surface area (Å²) in [7, 11) is -0.303. The normalized spacial score (nSPS) is 13.4. The molecule has 1 atom stereocenters. The van der Waals surface area contributed by atoms with Gasteiger partial charge in [0.25, 0.3) is 0 Å². The predicted molar refractivity (Wildman–Crippen MR) is 84.5 cm³/mol. The van der Waals surface area contributed by atoms with Crippen LogP contribution in [0.15, 0.2) is 29.2 Å². The second kappa shape index (κ2) is 7.64. The highest BCUT2D eigenvalue weighted by Crippen LogP contribution is 2.24. The summed E-state index contributed by atoms with van der Waals surface area (Å²) in [4.78, 5) is 0.340. The van der Waals surface area contributed by atoms with Crippen LogP contribution < -0.4 is 5.32 Å². The largest absolute Gasteiger partial charge is 0.381 e. The van der Waals surface area contributed by atoms with Crippen LogP contribution in [0.1, 0.15) is 39.5 Å². The second-order valence-corrected chi connectivity index (χ2v) is 7.45. The molecule has 0 bridgehead atoms. The molecular formula is C15H26N2O2S. The first-order valence-electron chi connectivity index (χ1n) is 7.17. The molecule has 0 fully saturated rings. The monoisotopic (exact) mass is 298 g/mol. The molecule has 0 aliphatic heterocycles. The van der Waals surface area contributed by atoms with Crippen molar-refractivity contribution in [3.63, 3.8) is 0 Å². The van der Waals surface area contributed by atoms with Crippen LogP contribution in [-0.4, -0.2) is 32.9 Å². The van der Waals surface area contributed by atoms with E-state index >= 15 is 0 Å². The Balaban J connectivity index is 2.86.